The van der Waals surface area contributed by atoms with Gasteiger partial charge in [-0.1, -0.05) is 18.2 Å². The van der Waals surface area contributed by atoms with Gasteiger partial charge >= 0.3 is 0 Å². The summed E-state index contributed by atoms with van der Waals surface area (Å²) in [5.41, 5.74) is 1.21. The Morgan fingerprint density at radius 1 is 1.47 bits per heavy atom. The summed E-state index contributed by atoms with van der Waals surface area (Å²) < 4.78 is 9.79. The van der Waals surface area contributed by atoms with Gasteiger partial charge in [0.2, 0.25) is 0 Å². The van der Waals surface area contributed by atoms with Crippen LogP contribution >= 0.6 is 11.5 Å². The van der Waals surface area contributed by atoms with E-state index in [9.17, 15) is 4.79 Å². The fraction of sp³-hybridized carbons (Fsp3) is 0.286. The van der Waals surface area contributed by atoms with Crippen molar-refractivity contribution in [1.82, 2.24) is 9.27 Å². The number of carbonyl (C=O) groups is 1. The van der Waals surface area contributed by atoms with Gasteiger partial charge in [0, 0.05) is 19.7 Å². The minimum atomic E-state index is 0.00190. The first-order chi connectivity index (χ1) is 9.24. The second-order valence-corrected chi connectivity index (χ2v) is 5.45. The monoisotopic (exact) mass is 274 g/mol. The van der Waals surface area contributed by atoms with E-state index in [2.05, 4.69) is 10.4 Å². The van der Waals surface area contributed by atoms with E-state index in [1.807, 2.05) is 18.2 Å². The van der Waals surface area contributed by atoms with Gasteiger partial charge in [-0.25, -0.2) is 4.37 Å². The van der Waals surface area contributed by atoms with Gasteiger partial charge in [0.25, 0.3) is 5.91 Å². The number of para-hydroxylation sites is 1. The summed E-state index contributed by atoms with van der Waals surface area (Å²) in [4.78, 5) is 14.5. The maximum Gasteiger partial charge on any atom is 0.265 e. The third kappa shape index (κ3) is 2.46. The molecule has 1 aromatic carbocycles. The molecular formula is C14H14N2O2S. The maximum atomic E-state index is 12.1. The molecule has 1 amide bonds. The lowest BCUT2D eigenvalue weighted by Gasteiger charge is -2.20. The van der Waals surface area contributed by atoms with Crippen molar-refractivity contribution < 1.29 is 9.53 Å². The van der Waals surface area contributed by atoms with Crippen LogP contribution in [0.2, 0.25) is 0 Å². The highest BCUT2D eigenvalue weighted by atomic mass is 32.1. The average molecular weight is 274 g/mol. The van der Waals surface area contributed by atoms with Crippen molar-refractivity contribution in [1.29, 1.82) is 0 Å². The van der Waals surface area contributed by atoms with Crippen LogP contribution in [-0.4, -0.2) is 34.9 Å². The number of rotatable bonds is 3. The molecule has 0 bridgehead atoms. The Labute approximate surface area is 115 Å². The molecular weight excluding hydrogens is 260 g/mol. The highest BCUT2D eigenvalue weighted by Gasteiger charge is 2.25. The smallest absolute Gasteiger partial charge is 0.265 e. The number of nitrogens with zero attached hydrogens (tertiary/aromatic N) is 2. The van der Waals surface area contributed by atoms with Gasteiger partial charge in [-0.2, -0.15) is 0 Å². The number of ether oxygens (including phenoxy) is 1. The predicted octanol–water partition coefficient (Wildman–Crippen LogP) is 2.22. The number of likely N-dealkylation sites (N-methyl/N-ethyl adjacent to an activating group) is 1. The first-order valence-electron chi connectivity index (χ1n) is 6.15. The number of hydrogen-bond acceptors (Lipinski definition) is 4. The van der Waals surface area contributed by atoms with Crippen LogP contribution in [0, 0.1) is 0 Å². The summed E-state index contributed by atoms with van der Waals surface area (Å²) in [7, 11) is 1.80. The third-order valence-corrected chi connectivity index (χ3v) is 3.92. The van der Waals surface area contributed by atoms with Gasteiger partial charge in [-0.3, -0.25) is 4.79 Å². The normalized spacial score (nSPS) is 16.8. The van der Waals surface area contributed by atoms with E-state index in [1.165, 1.54) is 17.1 Å². The van der Waals surface area contributed by atoms with Crippen LogP contribution in [0.4, 0.5) is 0 Å². The standard InChI is InChI=1S/C14H14N2O2S/c1-16(14(17)13-6-7-15-19-13)9-11-8-10-4-2-3-5-12(10)18-11/h2-7,11H,8-9H2,1H3. The summed E-state index contributed by atoms with van der Waals surface area (Å²) in [6.07, 6.45) is 2.55. The Balaban J connectivity index is 1.63. The lowest BCUT2D eigenvalue weighted by Crippen LogP contribution is -2.36. The predicted molar refractivity (Wildman–Crippen MR) is 73.6 cm³/mol. The first-order valence-corrected chi connectivity index (χ1v) is 6.92. The third-order valence-electron chi connectivity index (χ3n) is 3.19. The van der Waals surface area contributed by atoms with E-state index in [0.717, 1.165) is 12.2 Å². The van der Waals surface area contributed by atoms with E-state index < -0.39 is 0 Å². The molecule has 0 saturated carbocycles. The van der Waals surface area contributed by atoms with E-state index in [1.54, 1.807) is 24.2 Å². The van der Waals surface area contributed by atoms with Crippen molar-refractivity contribution in [3.63, 3.8) is 0 Å². The number of amides is 1. The number of aromatic nitrogens is 1. The summed E-state index contributed by atoms with van der Waals surface area (Å²) >= 11 is 1.22. The quantitative estimate of drug-likeness (QED) is 0.862. The molecule has 1 aliphatic rings. The lowest BCUT2D eigenvalue weighted by molar-refractivity contribution is 0.0735. The Kier molecular flexibility index (Phi) is 3.21. The molecule has 4 nitrogen and oxygen atoms in total. The van der Waals surface area contributed by atoms with Crippen molar-refractivity contribution in [3.8, 4) is 5.75 Å². The fourth-order valence-corrected chi connectivity index (χ4v) is 2.85. The largest absolute Gasteiger partial charge is 0.488 e. The molecule has 98 valence electrons. The zero-order valence-electron chi connectivity index (χ0n) is 10.6. The SMILES string of the molecule is CN(CC1Cc2ccccc2O1)C(=O)c1ccns1. The number of hydrogen-bond donors (Lipinski definition) is 0. The average Bonchev–Trinajstić information content (AvgIpc) is 3.06. The first kappa shape index (κ1) is 12.2. The second-order valence-electron chi connectivity index (χ2n) is 4.61. The molecule has 19 heavy (non-hydrogen) atoms. The number of fused-ring (bicyclic) bond motifs is 1. The molecule has 0 spiro atoms. The molecule has 5 heteroatoms. The van der Waals surface area contributed by atoms with Crippen LogP contribution in [-0.2, 0) is 6.42 Å². The van der Waals surface area contributed by atoms with Gasteiger partial charge in [0.05, 0.1) is 6.54 Å². The molecule has 1 aromatic heterocycles. The van der Waals surface area contributed by atoms with Gasteiger partial charge < -0.3 is 9.64 Å². The van der Waals surface area contributed by atoms with Crippen molar-refractivity contribution in [2.45, 2.75) is 12.5 Å². The minimum absolute atomic E-state index is 0.00190. The van der Waals surface area contributed by atoms with Gasteiger partial charge in [-0.15, -0.1) is 0 Å². The van der Waals surface area contributed by atoms with Crippen LogP contribution in [0.1, 0.15) is 15.2 Å². The highest BCUT2D eigenvalue weighted by molar-refractivity contribution is 7.08. The van der Waals surface area contributed by atoms with Crippen molar-refractivity contribution in [2.24, 2.45) is 0 Å². The topological polar surface area (TPSA) is 42.4 Å². The maximum absolute atomic E-state index is 12.1. The van der Waals surface area contributed by atoms with Crippen molar-refractivity contribution >= 4 is 17.4 Å². The molecule has 1 atom stereocenters. The molecule has 1 aliphatic heterocycles. The van der Waals surface area contributed by atoms with Crippen LogP contribution in [0.3, 0.4) is 0 Å². The molecule has 2 heterocycles. The second kappa shape index (κ2) is 5.01. The van der Waals surface area contributed by atoms with Crippen molar-refractivity contribution in [3.05, 3.63) is 47.0 Å². The van der Waals surface area contributed by atoms with Crippen LogP contribution in [0.25, 0.3) is 0 Å². The minimum Gasteiger partial charge on any atom is -0.488 e. The summed E-state index contributed by atoms with van der Waals surface area (Å²) in [5, 5.41) is 0. The Hall–Kier alpha value is -1.88. The van der Waals surface area contributed by atoms with Gasteiger partial charge in [-0.05, 0) is 29.2 Å². The molecule has 1 unspecified atom stereocenters. The van der Waals surface area contributed by atoms with Crippen LogP contribution < -0.4 is 4.74 Å². The van der Waals surface area contributed by atoms with Gasteiger partial charge in [0.15, 0.2) is 0 Å². The fourth-order valence-electron chi connectivity index (χ4n) is 2.26. The molecule has 0 radical (unpaired) electrons. The zero-order valence-corrected chi connectivity index (χ0v) is 11.4. The van der Waals surface area contributed by atoms with Gasteiger partial charge in [0.1, 0.15) is 16.7 Å². The molecule has 2 aromatic rings. The van der Waals surface area contributed by atoms with Crippen molar-refractivity contribution in [2.75, 3.05) is 13.6 Å². The molecule has 0 aliphatic carbocycles. The number of benzene rings is 1. The molecule has 0 saturated heterocycles. The van der Waals surface area contributed by atoms with Crippen LogP contribution in [0.15, 0.2) is 36.5 Å². The number of carbonyl (C=O) groups excluding carboxylic acids is 1. The van der Waals surface area contributed by atoms with E-state index >= 15 is 0 Å². The Morgan fingerprint density at radius 2 is 2.32 bits per heavy atom. The Bertz CT molecular complexity index is 558. The zero-order chi connectivity index (χ0) is 13.2. The lowest BCUT2D eigenvalue weighted by atomic mass is 10.1. The molecule has 0 N–H and O–H groups in total. The van der Waals surface area contributed by atoms with E-state index in [4.69, 9.17) is 4.74 Å². The van der Waals surface area contributed by atoms with E-state index in [-0.39, 0.29) is 12.0 Å². The summed E-state index contributed by atoms with van der Waals surface area (Å²) in [6, 6.07) is 9.76. The Morgan fingerprint density at radius 3 is 3.05 bits per heavy atom. The highest BCUT2D eigenvalue weighted by Crippen LogP contribution is 2.28. The molecule has 0 fully saturated rings. The van der Waals surface area contributed by atoms with Crippen LogP contribution in [0.5, 0.6) is 5.75 Å². The summed E-state index contributed by atoms with van der Waals surface area (Å²) in [5.74, 6) is 0.938. The van der Waals surface area contributed by atoms with E-state index in [0.29, 0.717) is 11.4 Å². The molecule has 3 rings (SSSR count). The summed E-state index contributed by atoms with van der Waals surface area (Å²) in [6.45, 7) is 0.589.